The summed E-state index contributed by atoms with van der Waals surface area (Å²) in [6, 6.07) is 0.508. The molecule has 0 aromatic carbocycles. The third kappa shape index (κ3) is 7.69. The van der Waals surface area contributed by atoms with Crippen LogP contribution in [-0.2, 0) is 0 Å². The number of piperidine rings is 1. The molecule has 2 saturated carbocycles. The molecule has 1 aliphatic heterocycles. The molecule has 1 saturated heterocycles. The van der Waals surface area contributed by atoms with E-state index in [2.05, 4.69) is 22.5 Å². The van der Waals surface area contributed by atoms with E-state index in [1.165, 1.54) is 64.6 Å². The molecule has 0 amide bonds. The van der Waals surface area contributed by atoms with E-state index >= 15 is 0 Å². The van der Waals surface area contributed by atoms with Gasteiger partial charge in [-0.15, -0.1) is 24.0 Å². The third-order valence-corrected chi connectivity index (χ3v) is 6.58. The number of rotatable bonds is 6. The Bertz CT molecular complexity index is 439. The Hall–Kier alpha value is -0.0800. The minimum absolute atomic E-state index is 0. The average Bonchev–Trinajstić information content (AvgIpc) is 3.09. The summed E-state index contributed by atoms with van der Waals surface area (Å²) >= 11 is 0. The van der Waals surface area contributed by atoms with E-state index in [1.807, 2.05) is 0 Å². The smallest absolute Gasteiger partial charge is 0.191 e. The second-order valence-electron chi connectivity index (χ2n) is 8.85. The molecule has 6 heteroatoms. The first-order valence-electron chi connectivity index (χ1n) is 11.2. The summed E-state index contributed by atoms with van der Waals surface area (Å²) in [5.41, 5.74) is -0.564. The van der Waals surface area contributed by atoms with Gasteiger partial charge in [0.05, 0.1) is 12.1 Å². The Morgan fingerprint density at radius 3 is 2.33 bits per heavy atom. The Morgan fingerprint density at radius 1 is 1.04 bits per heavy atom. The van der Waals surface area contributed by atoms with Crippen molar-refractivity contribution < 1.29 is 5.11 Å². The van der Waals surface area contributed by atoms with Gasteiger partial charge in [0, 0.05) is 32.2 Å². The number of likely N-dealkylation sites (tertiary alicyclic amines) is 1. The predicted molar refractivity (Wildman–Crippen MR) is 124 cm³/mol. The molecule has 3 rings (SSSR count). The molecule has 0 bridgehead atoms. The molecule has 3 aliphatic rings. The van der Waals surface area contributed by atoms with Gasteiger partial charge in [0.15, 0.2) is 5.96 Å². The first-order chi connectivity index (χ1) is 12.7. The number of aliphatic imine (C=N–C) groups is 1. The van der Waals surface area contributed by atoms with Crippen LogP contribution in [0.3, 0.4) is 0 Å². The number of hydrogen-bond acceptors (Lipinski definition) is 3. The van der Waals surface area contributed by atoms with Crippen molar-refractivity contribution in [1.29, 1.82) is 0 Å². The molecule has 27 heavy (non-hydrogen) atoms. The molecule has 0 radical (unpaired) electrons. The van der Waals surface area contributed by atoms with Crippen LogP contribution >= 0.6 is 24.0 Å². The van der Waals surface area contributed by atoms with Gasteiger partial charge >= 0.3 is 0 Å². The van der Waals surface area contributed by atoms with Gasteiger partial charge in [-0.25, -0.2) is 0 Å². The van der Waals surface area contributed by atoms with Crippen molar-refractivity contribution >= 4 is 29.9 Å². The molecule has 5 nitrogen and oxygen atoms in total. The van der Waals surface area contributed by atoms with Gasteiger partial charge in [0.1, 0.15) is 0 Å². The summed E-state index contributed by atoms with van der Waals surface area (Å²) in [6.45, 7) is 7.23. The molecule has 0 unspecified atom stereocenters. The van der Waals surface area contributed by atoms with Crippen LogP contribution < -0.4 is 10.6 Å². The Morgan fingerprint density at radius 2 is 1.70 bits per heavy atom. The maximum Gasteiger partial charge on any atom is 0.191 e. The molecule has 3 N–H and O–H groups in total. The lowest BCUT2D eigenvalue weighted by molar-refractivity contribution is 0.0573. The zero-order valence-electron chi connectivity index (χ0n) is 17.2. The van der Waals surface area contributed by atoms with E-state index < -0.39 is 5.60 Å². The highest BCUT2D eigenvalue weighted by Crippen LogP contribution is 2.29. The van der Waals surface area contributed by atoms with Crippen LogP contribution in [-0.4, -0.2) is 60.3 Å². The lowest BCUT2D eigenvalue weighted by atomic mass is 9.88. The zero-order chi connectivity index (χ0) is 18.2. The van der Waals surface area contributed by atoms with Crippen molar-refractivity contribution in [3.8, 4) is 0 Å². The van der Waals surface area contributed by atoms with Crippen LogP contribution in [0.2, 0.25) is 0 Å². The molecule has 3 fully saturated rings. The SMILES string of the molecule is CCNC(=NCC1(O)CCCC1)NC1CCN(CC2CCCCC2)CC1.I. The largest absolute Gasteiger partial charge is 0.388 e. The Kier molecular flexibility index (Phi) is 10.1. The fraction of sp³-hybridized carbons (Fsp3) is 0.952. The number of nitrogens with one attached hydrogen (secondary N) is 2. The number of guanidine groups is 1. The first-order valence-corrected chi connectivity index (χ1v) is 11.2. The van der Waals surface area contributed by atoms with Crippen LogP contribution in [0.4, 0.5) is 0 Å². The van der Waals surface area contributed by atoms with Crippen LogP contribution in [0.1, 0.15) is 77.6 Å². The summed E-state index contributed by atoms with van der Waals surface area (Å²) in [4.78, 5) is 7.38. The van der Waals surface area contributed by atoms with Crippen molar-refractivity contribution in [1.82, 2.24) is 15.5 Å². The third-order valence-electron chi connectivity index (χ3n) is 6.58. The van der Waals surface area contributed by atoms with Crippen LogP contribution in [0.15, 0.2) is 4.99 Å². The van der Waals surface area contributed by atoms with Gasteiger partial charge in [-0.05, 0) is 51.4 Å². The molecule has 0 spiro atoms. The fourth-order valence-corrected chi connectivity index (χ4v) is 4.93. The van der Waals surface area contributed by atoms with Crippen LogP contribution in [0, 0.1) is 5.92 Å². The second kappa shape index (κ2) is 11.8. The normalized spacial score (nSPS) is 25.2. The highest BCUT2D eigenvalue weighted by atomic mass is 127. The minimum Gasteiger partial charge on any atom is -0.388 e. The van der Waals surface area contributed by atoms with Gasteiger partial charge in [0.25, 0.3) is 0 Å². The summed E-state index contributed by atoms with van der Waals surface area (Å²) in [5.74, 6) is 1.83. The van der Waals surface area contributed by atoms with Gasteiger partial charge in [-0.3, -0.25) is 4.99 Å². The van der Waals surface area contributed by atoms with Crippen LogP contribution in [0.5, 0.6) is 0 Å². The quantitative estimate of drug-likeness (QED) is 0.302. The number of hydrogen-bond donors (Lipinski definition) is 3. The molecule has 158 valence electrons. The lowest BCUT2D eigenvalue weighted by Gasteiger charge is -2.36. The van der Waals surface area contributed by atoms with Crippen molar-refractivity contribution in [2.24, 2.45) is 10.9 Å². The first kappa shape index (κ1) is 23.2. The van der Waals surface area contributed by atoms with E-state index in [0.29, 0.717) is 12.6 Å². The molecular formula is C21H41IN4O. The molecule has 0 aromatic heterocycles. The lowest BCUT2D eigenvalue weighted by Crippen LogP contribution is -2.49. The van der Waals surface area contributed by atoms with Crippen molar-refractivity contribution in [2.75, 3.05) is 32.7 Å². The summed E-state index contributed by atoms with van der Waals surface area (Å²) < 4.78 is 0. The van der Waals surface area contributed by atoms with Crippen molar-refractivity contribution in [2.45, 2.75) is 89.2 Å². The summed E-state index contributed by atoms with van der Waals surface area (Å²) in [5, 5.41) is 17.5. The van der Waals surface area contributed by atoms with Crippen molar-refractivity contribution in [3.63, 3.8) is 0 Å². The van der Waals surface area contributed by atoms with Crippen molar-refractivity contribution in [3.05, 3.63) is 0 Å². The van der Waals surface area contributed by atoms with E-state index in [-0.39, 0.29) is 24.0 Å². The van der Waals surface area contributed by atoms with Gasteiger partial charge in [-0.2, -0.15) is 0 Å². The molecule has 0 aromatic rings. The molecule has 0 atom stereocenters. The molecular weight excluding hydrogens is 451 g/mol. The summed E-state index contributed by atoms with van der Waals surface area (Å²) in [7, 11) is 0. The highest BCUT2D eigenvalue weighted by molar-refractivity contribution is 14.0. The zero-order valence-corrected chi connectivity index (χ0v) is 19.5. The van der Waals surface area contributed by atoms with Gasteiger partial charge in [0.2, 0.25) is 0 Å². The molecule has 1 heterocycles. The number of halogens is 1. The van der Waals surface area contributed by atoms with E-state index in [0.717, 1.165) is 44.1 Å². The van der Waals surface area contributed by atoms with Crippen LogP contribution in [0.25, 0.3) is 0 Å². The summed E-state index contributed by atoms with van der Waals surface area (Å²) in [6.07, 6.45) is 13.7. The number of aliphatic hydroxyl groups is 1. The predicted octanol–water partition coefficient (Wildman–Crippen LogP) is 3.51. The Balaban J connectivity index is 0.00000261. The van der Waals surface area contributed by atoms with E-state index in [4.69, 9.17) is 4.99 Å². The fourth-order valence-electron chi connectivity index (χ4n) is 4.93. The minimum atomic E-state index is -0.564. The maximum absolute atomic E-state index is 10.5. The topological polar surface area (TPSA) is 59.9 Å². The maximum atomic E-state index is 10.5. The van der Waals surface area contributed by atoms with E-state index in [9.17, 15) is 5.11 Å². The van der Waals surface area contributed by atoms with E-state index in [1.54, 1.807) is 0 Å². The van der Waals surface area contributed by atoms with Gasteiger partial charge in [-0.1, -0.05) is 32.1 Å². The monoisotopic (exact) mass is 492 g/mol. The standard InChI is InChI=1S/C21H40N4O.HI/c1-2-22-20(23-17-21(26)12-6-7-13-21)24-19-10-14-25(15-11-19)16-18-8-4-3-5-9-18;/h18-19,26H,2-17H2,1H3,(H2,22,23,24);1H. The highest BCUT2D eigenvalue weighted by Gasteiger charge is 2.31. The average molecular weight is 492 g/mol. The Labute approximate surface area is 183 Å². The second-order valence-corrected chi connectivity index (χ2v) is 8.85. The molecule has 2 aliphatic carbocycles. The number of nitrogens with zero attached hydrogens (tertiary/aromatic N) is 2. The van der Waals surface area contributed by atoms with Gasteiger partial charge < -0.3 is 20.6 Å².